The lowest BCUT2D eigenvalue weighted by Gasteiger charge is -2.25. The third-order valence-electron chi connectivity index (χ3n) is 8.56. The van der Waals surface area contributed by atoms with E-state index in [1.54, 1.807) is 0 Å². The average Bonchev–Trinajstić information content (AvgIpc) is 3.17. The van der Waals surface area contributed by atoms with Crippen molar-refractivity contribution in [1.82, 2.24) is 0 Å². The topological polar surface area (TPSA) is 58.5 Å². The van der Waals surface area contributed by atoms with E-state index in [1.807, 2.05) is 48.6 Å². The van der Waals surface area contributed by atoms with E-state index in [0.29, 0.717) is 11.4 Å². The van der Waals surface area contributed by atoms with Gasteiger partial charge in [-0.05, 0) is 107 Å². The van der Waals surface area contributed by atoms with Crippen molar-refractivity contribution >= 4 is 69.8 Å². The number of nitrogens with two attached hydrogens (primary N) is 2. The fourth-order valence-corrected chi connectivity index (χ4v) is 6.00. The first-order valence-corrected chi connectivity index (χ1v) is 16.7. The van der Waals surface area contributed by atoms with Crippen LogP contribution in [-0.2, 0) is 0 Å². The van der Waals surface area contributed by atoms with Crippen molar-refractivity contribution in [3.63, 3.8) is 0 Å². The smallest absolute Gasteiger partial charge is 0.0462 e. The Kier molecular flexibility index (Phi) is 9.52. The van der Waals surface area contributed by atoms with E-state index in [9.17, 15) is 0 Å². The fourth-order valence-electron chi connectivity index (χ4n) is 6.00. The minimum Gasteiger partial charge on any atom is -0.398 e. The van der Waals surface area contributed by atoms with Gasteiger partial charge in [0.05, 0.1) is 0 Å². The number of hydrogen-bond acceptors (Lipinski definition) is 4. The van der Waals surface area contributed by atoms with Crippen LogP contribution >= 0.6 is 0 Å². The summed E-state index contributed by atoms with van der Waals surface area (Å²) in [6.07, 6.45) is 8.17. The summed E-state index contributed by atoms with van der Waals surface area (Å²) >= 11 is 0. The molecule has 7 rings (SSSR count). The van der Waals surface area contributed by atoms with Crippen molar-refractivity contribution in [2.75, 3.05) is 21.3 Å². The maximum absolute atomic E-state index is 6.53. The zero-order valence-corrected chi connectivity index (χ0v) is 27.7. The summed E-state index contributed by atoms with van der Waals surface area (Å²) in [5.74, 6) is 0. The zero-order valence-electron chi connectivity index (χ0n) is 27.7. The summed E-state index contributed by atoms with van der Waals surface area (Å²) in [7, 11) is 0. The Labute approximate surface area is 294 Å². The van der Waals surface area contributed by atoms with Crippen LogP contribution in [0.3, 0.4) is 0 Å². The Hall–Kier alpha value is -6.78. The molecule has 50 heavy (non-hydrogen) atoms. The minimum absolute atomic E-state index is 0.669. The molecule has 0 aliphatic heterocycles. The lowest BCUT2D eigenvalue weighted by atomic mass is 10.0. The van der Waals surface area contributed by atoms with Crippen molar-refractivity contribution in [2.24, 2.45) is 0 Å². The van der Waals surface area contributed by atoms with Crippen LogP contribution in [0.4, 0.5) is 45.5 Å². The van der Waals surface area contributed by atoms with E-state index < -0.39 is 0 Å². The molecule has 0 unspecified atom stereocenters. The highest BCUT2D eigenvalue weighted by Gasteiger charge is 2.13. The van der Waals surface area contributed by atoms with Crippen molar-refractivity contribution in [3.8, 4) is 0 Å². The van der Waals surface area contributed by atoms with Crippen molar-refractivity contribution < 1.29 is 0 Å². The maximum atomic E-state index is 6.53. The van der Waals surface area contributed by atoms with Gasteiger partial charge in [-0.1, -0.05) is 121 Å². The van der Waals surface area contributed by atoms with Gasteiger partial charge in [-0.15, -0.1) is 0 Å². The Bertz CT molecular complexity index is 1950. The summed E-state index contributed by atoms with van der Waals surface area (Å²) in [5.41, 5.74) is 24.9. The van der Waals surface area contributed by atoms with Gasteiger partial charge in [0.1, 0.15) is 0 Å². The van der Waals surface area contributed by atoms with Gasteiger partial charge >= 0.3 is 0 Å². The van der Waals surface area contributed by atoms with Crippen LogP contribution in [0.15, 0.2) is 182 Å². The Balaban J connectivity index is 1.06. The van der Waals surface area contributed by atoms with E-state index in [2.05, 4.69) is 168 Å². The van der Waals surface area contributed by atoms with Gasteiger partial charge in [0, 0.05) is 45.5 Å². The Morgan fingerprint density at radius 2 is 0.560 bits per heavy atom. The summed E-state index contributed by atoms with van der Waals surface area (Å²) in [4.78, 5) is 4.49. The summed E-state index contributed by atoms with van der Waals surface area (Å²) in [6.45, 7) is 0. The number of anilines is 8. The number of para-hydroxylation sites is 4. The average molecular weight is 647 g/mol. The molecule has 0 fully saturated rings. The van der Waals surface area contributed by atoms with Gasteiger partial charge < -0.3 is 21.3 Å². The van der Waals surface area contributed by atoms with Gasteiger partial charge in [0.25, 0.3) is 0 Å². The molecule has 0 aliphatic carbocycles. The first kappa shape index (κ1) is 31.8. The molecule has 0 saturated carbocycles. The number of rotatable bonds is 10. The highest BCUT2D eigenvalue weighted by atomic mass is 15.1. The van der Waals surface area contributed by atoms with Crippen molar-refractivity contribution in [3.05, 3.63) is 204 Å². The lowest BCUT2D eigenvalue weighted by molar-refractivity contribution is 1.28. The summed E-state index contributed by atoms with van der Waals surface area (Å²) in [6, 6.07) is 62.5. The van der Waals surface area contributed by atoms with Crippen molar-refractivity contribution in [2.45, 2.75) is 0 Å². The van der Waals surface area contributed by atoms with Crippen LogP contribution in [-0.4, -0.2) is 0 Å². The number of hydrogen-bond donors (Lipinski definition) is 2. The number of nitrogen functional groups attached to an aromatic ring is 2. The normalized spacial score (nSPS) is 11.2. The first-order valence-electron chi connectivity index (χ1n) is 16.7. The molecule has 7 aromatic rings. The van der Waals surface area contributed by atoms with E-state index in [0.717, 1.165) is 56.4 Å². The maximum Gasteiger partial charge on any atom is 0.0462 e. The van der Waals surface area contributed by atoms with E-state index >= 15 is 0 Å². The number of benzene rings is 7. The van der Waals surface area contributed by atoms with Gasteiger partial charge in [0.2, 0.25) is 0 Å². The minimum atomic E-state index is 0.669. The molecule has 4 heteroatoms. The highest BCUT2D eigenvalue weighted by molar-refractivity contribution is 5.85. The van der Waals surface area contributed by atoms with E-state index in [4.69, 9.17) is 11.5 Å². The second-order valence-electron chi connectivity index (χ2n) is 12.0. The molecule has 0 amide bonds. The standard InChI is InChI=1S/C46H38N4/c47-45-34-38(28-22-36-25-31-44(32-26-36)50(41-17-9-3-10-18-41)42-19-11-4-12-20-42)46(48)33-37(45)27-21-35-23-29-43(30-24-35)49(39-13-5-1-6-14-39)40-15-7-2-8-16-40/h1-34H,47-48H2/b27-21+,28-22+. The molecule has 0 spiro atoms. The molecule has 4 N–H and O–H groups in total. The lowest BCUT2D eigenvalue weighted by Crippen LogP contribution is -2.09. The van der Waals surface area contributed by atoms with Crippen LogP contribution in [0.5, 0.6) is 0 Å². The quantitative estimate of drug-likeness (QED) is 0.115. The Morgan fingerprint density at radius 3 is 0.840 bits per heavy atom. The first-order chi connectivity index (χ1) is 24.6. The van der Waals surface area contributed by atoms with Gasteiger partial charge in [-0.2, -0.15) is 0 Å². The molecule has 0 bridgehead atoms. The molecule has 0 atom stereocenters. The van der Waals surface area contributed by atoms with E-state index in [1.165, 1.54) is 0 Å². The van der Waals surface area contributed by atoms with Gasteiger partial charge in [-0.3, -0.25) is 0 Å². The SMILES string of the molecule is Nc1cc(/C=C/c2ccc(N(c3ccccc3)c3ccccc3)cc2)c(N)cc1/C=C/c1ccc(N(c2ccccc2)c2ccccc2)cc1. The molecule has 0 saturated heterocycles. The summed E-state index contributed by atoms with van der Waals surface area (Å²) < 4.78 is 0. The number of nitrogens with zero attached hydrogens (tertiary/aromatic N) is 2. The van der Waals surface area contributed by atoms with Crippen LogP contribution < -0.4 is 21.3 Å². The summed E-state index contributed by atoms with van der Waals surface area (Å²) in [5, 5.41) is 0. The van der Waals surface area contributed by atoms with E-state index in [-0.39, 0.29) is 0 Å². The third-order valence-corrected chi connectivity index (χ3v) is 8.56. The van der Waals surface area contributed by atoms with Gasteiger partial charge in [0.15, 0.2) is 0 Å². The molecule has 0 radical (unpaired) electrons. The zero-order chi connectivity index (χ0) is 34.1. The predicted octanol–water partition coefficient (Wildman–Crippen LogP) is 12.1. The molecular formula is C46H38N4. The third kappa shape index (κ3) is 7.35. The fraction of sp³-hybridized carbons (Fsp3) is 0. The largest absolute Gasteiger partial charge is 0.398 e. The second-order valence-corrected chi connectivity index (χ2v) is 12.0. The molecule has 0 aliphatic rings. The molecule has 7 aromatic carbocycles. The highest BCUT2D eigenvalue weighted by Crippen LogP contribution is 2.36. The molecule has 0 aromatic heterocycles. The molecule has 242 valence electrons. The van der Waals surface area contributed by atoms with Crippen LogP contribution in [0.25, 0.3) is 24.3 Å². The molecule has 0 heterocycles. The molecular weight excluding hydrogens is 609 g/mol. The Morgan fingerprint density at radius 1 is 0.300 bits per heavy atom. The second kappa shape index (κ2) is 15.0. The monoisotopic (exact) mass is 646 g/mol. The van der Waals surface area contributed by atoms with Crippen LogP contribution in [0, 0.1) is 0 Å². The van der Waals surface area contributed by atoms with Crippen LogP contribution in [0.1, 0.15) is 22.3 Å². The van der Waals surface area contributed by atoms with Gasteiger partial charge in [-0.25, -0.2) is 0 Å². The predicted molar refractivity (Wildman–Crippen MR) is 215 cm³/mol. The van der Waals surface area contributed by atoms with Crippen molar-refractivity contribution in [1.29, 1.82) is 0 Å². The van der Waals surface area contributed by atoms with Crippen LogP contribution in [0.2, 0.25) is 0 Å². The molecule has 4 nitrogen and oxygen atoms in total.